The van der Waals surface area contributed by atoms with Crippen LogP contribution in [0, 0.1) is 0 Å². The van der Waals surface area contributed by atoms with Crippen molar-refractivity contribution in [2.24, 2.45) is 0 Å². The molecule has 0 aromatic heterocycles. The normalized spacial score (nSPS) is 20.2. The quantitative estimate of drug-likeness (QED) is 0.838. The molecule has 1 atom stereocenters. The number of amides is 1. The van der Waals surface area contributed by atoms with Gasteiger partial charge >= 0.3 is 0 Å². The second kappa shape index (κ2) is 4.09. The van der Waals surface area contributed by atoms with Gasteiger partial charge in [-0.05, 0) is 18.2 Å². The molecule has 0 aliphatic carbocycles. The van der Waals surface area contributed by atoms with Crippen molar-refractivity contribution >= 4 is 34.7 Å². The first-order chi connectivity index (χ1) is 7.50. The summed E-state index contributed by atoms with van der Waals surface area (Å²) in [5.41, 5.74) is 0.983. The highest BCUT2D eigenvalue weighted by Crippen LogP contribution is 2.31. The van der Waals surface area contributed by atoms with E-state index in [1.165, 1.54) is 18.0 Å². The Labute approximate surface area is 103 Å². The van der Waals surface area contributed by atoms with E-state index in [9.17, 15) is 9.90 Å². The van der Waals surface area contributed by atoms with Crippen molar-refractivity contribution in [1.82, 2.24) is 4.90 Å². The first kappa shape index (κ1) is 11.5. The third-order valence-electron chi connectivity index (χ3n) is 2.48. The third kappa shape index (κ3) is 1.82. The van der Waals surface area contributed by atoms with Gasteiger partial charge in [-0.2, -0.15) is 0 Å². The third-order valence-corrected chi connectivity index (χ3v) is 3.03. The van der Waals surface area contributed by atoms with E-state index < -0.39 is 6.23 Å². The van der Waals surface area contributed by atoms with Gasteiger partial charge in [0.25, 0.3) is 5.91 Å². The zero-order valence-electron chi connectivity index (χ0n) is 8.45. The largest absolute Gasteiger partial charge is 0.370 e. The maximum Gasteiger partial charge on any atom is 0.256 e. The molecule has 1 amide bonds. The van der Waals surface area contributed by atoms with E-state index in [-0.39, 0.29) is 5.91 Å². The van der Waals surface area contributed by atoms with Crippen LogP contribution >= 0.6 is 23.2 Å². The maximum absolute atomic E-state index is 11.8. The van der Waals surface area contributed by atoms with E-state index in [4.69, 9.17) is 23.2 Å². The molecule has 1 aromatic rings. The van der Waals surface area contributed by atoms with Gasteiger partial charge in [-0.3, -0.25) is 4.79 Å². The predicted octanol–water partition coefficient (Wildman–Crippen LogP) is 2.17. The molecule has 1 aliphatic rings. The van der Waals surface area contributed by atoms with E-state index in [1.54, 1.807) is 18.2 Å². The average Bonchev–Trinajstić information content (AvgIpc) is 2.46. The Morgan fingerprint density at radius 3 is 2.56 bits per heavy atom. The zero-order valence-corrected chi connectivity index (χ0v) is 9.96. The van der Waals surface area contributed by atoms with E-state index in [0.717, 1.165) is 0 Å². The Hall–Kier alpha value is -1.03. The van der Waals surface area contributed by atoms with Crippen molar-refractivity contribution in [2.75, 3.05) is 7.05 Å². The molecule has 1 unspecified atom stereocenters. The van der Waals surface area contributed by atoms with Crippen LogP contribution in [0.4, 0.5) is 0 Å². The Kier molecular flexibility index (Phi) is 2.93. The molecule has 1 N–H and O–H groups in total. The van der Waals surface area contributed by atoms with Crippen molar-refractivity contribution in [3.8, 4) is 0 Å². The van der Waals surface area contributed by atoms with Gasteiger partial charge in [0, 0.05) is 23.2 Å². The summed E-state index contributed by atoms with van der Waals surface area (Å²) in [7, 11) is 1.53. The molecule has 1 aliphatic heterocycles. The molecular formula is C11H9Cl2NO2. The van der Waals surface area contributed by atoms with Gasteiger partial charge in [0.2, 0.25) is 0 Å². The molecule has 0 saturated heterocycles. The van der Waals surface area contributed by atoms with Crippen molar-refractivity contribution in [1.29, 1.82) is 0 Å². The fourth-order valence-electron chi connectivity index (χ4n) is 1.56. The number of aliphatic hydroxyl groups excluding tert-OH is 1. The maximum atomic E-state index is 11.8. The molecule has 5 heteroatoms. The minimum Gasteiger partial charge on any atom is -0.370 e. The average molecular weight is 258 g/mol. The molecule has 0 radical (unpaired) electrons. The number of likely N-dealkylation sites (N-methyl/N-ethyl adjacent to an activating group) is 1. The number of halogens is 2. The van der Waals surface area contributed by atoms with Gasteiger partial charge in [0.1, 0.15) is 6.23 Å². The van der Waals surface area contributed by atoms with Crippen LogP contribution in [0.3, 0.4) is 0 Å². The molecule has 1 heterocycles. The fourth-order valence-corrected chi connectivity index (χ4v) is 2.07. The van der Waals surface area contributed by atoms with Crippen molar-refractivity contribution in [3.63, 3.8) is 0 Å². The lowest BCUT2D eigenvalue weighted by Gasteiger charge is -2.13. The molecule has 0 bridgehead atoms. The highest BCUT2D eigenvalue weighted by Gasteiger charge is 2.29. The van der Waals surface area contributed by atoms with E-state index in [1.807, 2.05) is 0 Å². The van der Waals surface area contributed by atoms with Crippen LogP contribution in [0.25, 0.3) is 5.57 Å². The molecule has 0 spiro atoms. The Morgan fingerprint density at radius 1 is 1.38 bits per heavy atom. The first-order valence-electron chi connectivity index (χ1n) is 4.63. The Balaban J connectivity index is 2.46. The second-order valence-corrected chi connectivity index (χ2v) is 4.38. The van der Waals surface area contributed by atoms with Crippen LogP contribution in [-0.2, 0) is 4.79 Å². The van der Waals surface area contributed by atoms with Crippen LogP contribution in [-0.4, -0.2) is 29.2 Å². The first-order valence-corrected chi connectivity index (χ1v) is 5.39. The smallest absolute Gasteiger partial charge is 0.256 e. The van der Waals surface area contributed by atoms with Crippen LogP contribution in [0.5, 0.6) is 0 Å². The summed E-state index contributed by atoms with van der Waals surface area (Å²) in [6.07, 6.45) is 0.575. The highest BCUT2D eigenvalue weighted by atomic mass is 35.5. The second-order valence-electron chi connectivity index (χ2n) is 3.53. The van der Waals surface area contributed by atoms with Crippen molar-refractivity contribution < 1.29 is 9.90 Å². The number of carbonyl (C=O) groups excluding carboxylic acids is 1. The van der Waals surface area contributed by atoms with Crippen molar-refractivity contribution in [3.05, 3.63) is 39.9 Å². The van der Waals surface area contributed by atoms with E-state index in [2.05, 4.69) is 0 Å². The summed E-state index contributed by atoms with van der Waals surface area (Å²) in [5, 5.41) is 10.4. The van der Waals surface area contributed by atoms with Gasteiger partial charge in [-0.1, -0.05) is 29.3 Å². The Bertz CT molecular complexity index is 485. The fraction of sp³-hybridized carbons (Fsp3) is 0.182. The summed E-state index contributed by atoms with van der Waals surface area (Å²) < 4.78 is 0. The molecule has 3 nitrogen and oxygen atoms in total. The number of hydrogen-bond acceptors (Lipinski definition) is 2. The number of aliphatic hydroxyl groups is 1. The molecule has 1 aromatic carbocycles. The van der Waals surface area contributed by atoms with Gasteiger partial charge < -0.3 is 10.0 Å². The van der Waals surface area contributed by atoms with Crippen LogP contribution in [0.2, 0.25) is 10.0 Å². The summed E-state index contributed by atoms with van der Waals surface area (Å²) in [6, 6.07) is 4.89. The summed E-state index contributed by atoms with van der Waals surface area (Å²) in [6.45, 7) is 0. The number of hydrogen-bond donors (Lipinski definition) is 1. The van der Waals surface area contributed by atoms with Crippen LogP contribution in [0.15, 0.2) is 24.3 Å². The summed E-state index contributed by atoms with van der Waals surface area (Å²) in [5.74, 6) is -0.253. The predicted molar refractivity (Wildman–Crippen MR) is 63.2 cm³/mol. The Morgan fingerprint density at radius 2 is 2.06 bits per heavy atom. The molecule has 16 heavy (non-hydrogen) atoms. The lowest BCUT2D eigenvalue weighted by molar-refractivity contribution is -0.127. The molecule has 2 rings (SSSR count). The van der Waals surface area contributed by atoms with E-state index >= 15 is 0 Å². The highest BCUT2D eigenvalue weighted by molar-refractivity contribution is 6.37. The van der Waals surface area contributed by atoms with Crippen LogP contribution < -0.4 is 0 Å². The minimum atomic E-state index is -0.894. The standard InChI is InChI=1S/C11H9Cl2NO2/c1-14-10(15)5-8(11(14)16)7-3-2-6(12)4-9(7)13/h2-5,10,15H,1H3. The number of nitrogens with zero attached hydrogens (tertiary/aromatic N) is 1. The zero-order chi connectivity index (χ0) is 11.9. The molecule has 0 fully saturated rings. The monoisotopic (exact) mass is 257 g/mol. The summed E-state index contributed by atoms with van der Waals surface area (Å²) >= 11 is 11.8. The SMILES string of the molecule is CN1C(=O)C(c2ccc(Cl)cc2Cl)=CC1O. The lowest BCUT2D eigenvalue weighted by atomic mass is 10.1. The summed E-state index contributed by atoms with van der Waals surface area (Å²) in [4.78, 5) is 13.0. The van der Waals surface area contributed by atoms with Crippen LogP contribution in [0.1, 0.15) is 5.56 Å². The number of benzene rings is 1. The topological polar surface area (TPSA) is 40.5 Å². The van der Waals surface area contributed by atoms with Crippen molar-refractivity contribution in [2.45, 2.75) is 6.23 Å². The number of carbonyl (C=O) groups is 1. The molecular weight excluding hydrogens is 249 g/mol. The minimum absolute atomic E-state index is 0.253. The van der Waals surface area contributed by atoms with Gasteiger partial charge in [0.15, 0.2) is 0 Å². The van der Waals surface area contributed by atoms with E-state index in [0.29, 0.717) is 21.2 Å². The number of rotatable bonds is 1. The lowest BCUT2D eigenvalue weighted by Crippen LogP contribution is -2.29. The van der Waals surface area contributed by atoms with Gasteiger partial charge in [0.05, 0.1) is 5.02 Å². The van der Waals surface area contributed by atoms with Gasteiger partial charge in [-0.25, -0.2) is 0 Å². The molecule has 0 saturated carbocycles. The molecule has 84 valence electrons. The van der Waals surface area contributed by atoms with Gasteiger partial charge in [-0.15, -0.1) is 0 Å².